The molecule has 0 aromatic heterocycles. The molecule has 2 atom stereocenters. The number of nitrogens with two attached hydrogens (primary N) is 1. The maximum Gasteiger partial charge on any atom is 0.306 e. The van der Waals surface area contributed by atoms with Crippen molar-refractivity contribution >= 4 is 5.97 Å². The van der Waals surface area contributed by atoms with Crippen molar-refractivity contribution in [3.05, 3.63) is 0 Å². The highest BCUT2D eigenvalue weighted by Crippen LogP contribution is 2.11. The lowest BCUT2D eigenvalue weighted by Crippen LogP contribution is -2.16. The van der Waals surface area contributed by atoms with Crippen LogP contribution in [0.3, 0.4) is 0 Å². The first-order valence-electron chi connectivity index (χ1n) is 5.65. The van der Waals surface area contributed by atoms with Crippen molar-refractivity contribution in [2.75, 3.05) is 0 Å². The highest BCUT2D eigenvalue weighted by Gasteiger charge is 2.12. The Morgan fingerprint density at radius 2 is 1.73 bits per heavy atom. The lowest BCUT2D eigenvalue weighted by molar-refractivity contribution is -0.142. The Kier molecular flexibility index (Phi) is 12.8. The molecule has 92 valence electrons. The maximum absolute atomic E-state index is 10.4. The predicted octanol–water partition coefficient (Wildman–Crippen LogP) is 1.96. The van der Waals surface area contributed by atoms with Crippen LogP contribution in [0.1, 0.15) is 52.9 Å². The van der Waals surface area contributed by atoms with Crippen LogP contribution in [0.4, 0.5) is 0 Å². The molecule has 4 N–H and O–H groups in total. The van der Waals surface area contributed by atoms with E-state index in [9.17, 15) is 4.79 Å². The van der Waals surface area contributed by atoms with E-state index in [1.165, 1.54) is 0 Å². The number of rotatable bonds is 6. The molecule has 0 heterocycles. The average molecular weight is 219 g/mol. The van der Waals surface area contributed by atoms with Crippen LogP contribution < -0.4 is 5.73 Å². The van der Waals surface area contributed by atoms with Gasteiger partial charge in [-0.3, -0.25) is 4.79 Å². The first-order valence-corrected chi connectivity index (χ1v) is 5.65. The number of hydrogen-bond donors (Lipinski definition) is 3. The molecule has 0 aromatic carbocycles. The minimum atomic E-state index is -0.643. The standard InChI is InChI=1S/C8H16O2.C3H9NO/c1-3-5-6-7(4-2)8(9)10;1-2-3(4)5/h7H,3-6H2,1-2H3,(H,9,10);3,5H,2,4H2,1H3. The van der Waals surface area contributed by atoms with Gasteiger partial charge in [0.05, 0.1) is 5.92 Å². The molecular formula is C11H25NO3. The van der Waals surface area contributed by atoms with Crippen LogP contribution in [0, 0.1) is 5.92 Å². The Morgan fingerprint density at radius 3 is 1.93 bits per heavy atom. The molecule has 15 heavy (non-hydrogen) atoms. The summed E-state index contributed by atoms with van der Waals surface area (Å²) in [6.07, 6.45) is 3.74. The second-order valence-corrected chi connectivity index (χ2v) is 3.56. The van der Waals surface area contributed by atoms with Gasteiger partial charge in [-0.05, 0) is 19.3 Å². The molecule has 0 aliphatic heterocycles. The second-order valence-electron chi connectivity index (χ2n) is 3.56. The largest absolute Gasteiger partial charge is 0.481 e. The van der Waals surface area contributed by atoms with Crippen LogP contribution in [0.2, 0.25) is 0 Å². The molecule has 4 heteroatoms. The molecule has 0 bridgehead atoms. The quantitative estimate of drug-likeness (QED) is 0.596. The molecule has 4 nitrogen and oxygen atoms in total. The zero-order chi connectivity index (χ0) is 12.3. The zero-order valence-electron chi connectivity index (χ0n) is 10.1. The first-order chi connectivity index (χ1) is 6.99. The van der Waals surface area contributed by atoms with Crippen molar-refractivity contribution in [3.8, 4) is 0 Å². The van der Waals surface area contributed by atoms with Crippen molar-refractivity contribution in [2.24, 2.45) is 11.7 Å². The van der Waals surface area contributed by atoms with Gasteiger partial charge in [0.1, 0.15) is 6.23 Å². The monoisotopic (exact) mass is 219 g/mol. The van der Waals surface area contributed by atoms with Crippen LogP contribution in [0.5, 0.6) is 0 Å². The van der Waals surface area contributed by atoms with Gasteiger partial charge in [0.15, 0.2) is 0 Å². The van der Waals surface area contributed by atoms with Gasteiger partial charge < -0.3 is 15.9 Å². The molecule has 0 radical (unpaired) electrons. The Hall–Kier alpha value is -0.610. The smallest absolute Gasteiger partial charge is 0.306 e. The molecule has 0 aliphatic rings. The van der Waals surface area contributed by atoms with Gasteiger partial charge >= 0.3 is 5.97 Å². The van der Waals surface area contributed by atoms with E-state index in [1.54, 1.807) is 0 Å². The van der Waals surface area contributed by atoms with Gasteiger partial charge in [0.25, 0.3) is 0 Å². The lowest BCUT2D eigenvalue weighted by atomic mass is 10.00. The number of carboxylic acids is 1. The fourth-order valence-electron chi connectivity index (χ4n) is 0.953. The lowest BCUT2D eigenvalue weighted by Gasteiger charge is -2.06. The molecule has 0 saturated carbocycles. The van der Waals surface area contributed by atoms with Gasteiger partial charge in [0, 0.05) is 0 Å². The van der Waals surface area contributed by atoms with Crippen LogP contribution in [0.15, 0.2) is 0 Å². The van der Waals surface area contributed by atoms with E-state index < -0.39 is 12.2 Å². The summed E-state index contributed by atoms with van der Waals surface area (Å²) in [4.78, 5) is 10.4. The summed E-state index contributed by atoms with van der Waals surface area (Å²) in [5, 5.41) is 16.7. The minimum absolute atomic E-state index is 0.111. The number of aliphatic hydroxyl groups excluding tert-OH is 1. The number of carboxylic acid groups (broad SMARTS) is 1. The molecular weight excluding hydrogens is 194 g/mol. The number of hydrogen-bond acceptors (Lipinski definition) is 3. The molecule has 0 aliphatic carbocycles. The van der Waals surface area contributed by atoms with E-state index in [2.05, 4.69) is 6.92 Å². The maximum atomic E-state index is 10.4. The van der Waals surface area contributed by atoms with Crippen LogP contribution in [-0.4, -0.2) is 22.4 Å². The topological polar surface area (TPSA) is 83.5 Å². The summed E-state index contributed by atoms with van der Waals surface area (Å²) in [5.74, 6) is -0.754. The van der Waals surface area contributed by atoms with E-state index in [0.29, 0.717) is 6.42 Å². The number of aliphatic carboxylic acids is 1. The molecule has 0 amide bonds. The fourth-order valence-corrected chi connectivity index (χ4v) is 0.953. The van der Waals surface area contributed by atoms with Crippen molar-refractivity contribution < 1.29 is 15.0 Å². The molecule has 0 aromatic rings. The molecule has 0 spiro atoms. The third-order valence-electron chi connectivity index (χ3n) is 2.17. The van der Waals surface area contributed by atoms with E-state index >= 15 is 0 Å². The fraction of sp³-hybridized carbons (Fsp3) is 0.909. The summed E-state index contributed by atoms with van der Waals surface area (Å²) < 4.78 is 0. The molecule has 0 rings (SSSR count). The van der Waals surface area contributed by atoms with Crippen molar-refractivity contribution in [1.82, 2.24) is 0 Å². The third-order valence-corrected chi connectivity index (χ3v) is 2.17. The normalized spacial score (nSPS) is 13.7. The second kappa shape index (κ2) is 11.5. The number of unbranched alkanes of at least 4 members (excludes halogenated alkanes) is 1. The minimum Gasteiger partial charge on any atom is -0.481 e. The Balaban J connectivity index is 0. The van der Waals surface area contributed by atoms with Gasteiger partial charge in [-0.15, -0.1) is 0 Å². The Bertz CT molecular complexity index is 149. The van der Waals surface area contributed by atoms with E-state index in [4.69, 9.17) is 15.9 Å². The highest BCUT2D eigenvalue weighted by atomic mass is 16.4. The Labute approximate surface area is 92.5 Å². The summed E-state index contributed by atoms with van der Waals surface area (Å²) in [7, 11) is 0. The van der Waals surface area contributed by atoms with E-state index in [1.807, 2.05) is 13.8 Å². The first kappa shape index (κ1) is 16.8. The van der Waals surface area contributed by atoms with Gasteiger partial charge in [0.2, 0.25) is 0 Å². The zero-order valence-corrected chi connectivity index (χ0v) is 10.1. The van der Waals surface area contributed by atoms with Crippen LogP contribution in [-0.2, 0) is 4.79 Å². The number of carbonyl (C=O) groups is 1. The van der Waals surface area contributed by atoms with E-state index in [0.717, 1.165) is 25.7 Å². The Morgan fingerprint density at radius 1 is 1.27 bits per heavy atom. The highest BCUT2D eigenvalue weighted by molar-refractivity contribution is 5.69. The molecule has 0 saturated heterocycles. The number of aliphatic hydroxyl groups is 1. The van der Waals surface area contributed by atoms with Crippen molar-refractivity contribution in [2.45, 2.75) is 59.1 Å². The molecule has 0 fully saturated rings. The summed E-state index contributed by atoms with van der Waals surface area (Å²) in [5.41, 5.74) is 4.85. The predicted molar refractivity (Wildman–Crippen MR) is 61.4 cm³/mol. The van der Waals surface area contributed by atoms with Crippen LogP contribution in [0.25, 0.3) is 0 Å². The van der Waals surface area contributed by atoms with Crippen LogP contribution >= 0.6 is 0 Å². The summed E-state index contributed by atoms with van der Waals surface area (Å²) >= 11 is 0. The third kappa shape index (κ3) is 13.4. The van der Waals surface area contributed by atoms with Gasteiger partial charge in [-0.2, -0.15) is 0 Å². The van der Waals surface area contributed by atoms with Crippen molar-refractivity contribution in [1.29, 1.82) is 0 Å². The van der Waals surface area contributed by atoms with E-state index in [-0.39, 0.29) is 5.92 Å². The van der Waals surface area contributed by atoms with Gasteiger partial charge in [-0.1, -0.05) is 33.6 Å². The molecule has 2 unspecified atom stereocenters. The SMILES string of the molecule is CCC(N)O.CCCCC(CC)C(=O)O. The summed E-state index contributed by atoms with van der Waals surface area (Å²) in [6.45, 7) is 5.83. The van der Waals surface area contributed by atoms with Gasteiger partial charge in [-0.25, -0.2) is 0 Å². The average Bonchev–Trinajstić information content (AvgIpc) is 2.19. The summed E-state index contributed by atoms with van der Waals surface area (Å²) in [6, 6.07) is 0. The van der Waals surface area contributed by atoms with Crippen molar-refractivity contribution in [3.63, 3.8) is 0 Å².